The Kier molecular flexibility index (Phi) is 20.4. The number of aliphatic hydroxyl groups excluding tert-OH is 1. The van der Waals surface area contributed by atoms with E-state index in [0.717, 1.165) is 16.7 Å². The molecule has 1 N–H and O–H groups in total. The van der Waals surface area contributed by atoms with Gasteiger partial charge in [0.25, 0.3) is 0 Å². The van der Waals surface area contributed by atoms with E-state index in [1.807, 2.05) is 60.9 Å². The normalized spacial score (nSPS) is 20.7. The zero-order valence-corrected chi connectivity index (χ0v) is 35.1. The summed E-state index contributed by atoms with van der Waals surface area (Å²) in [4.78, 5) is 0. The third-order valence-electron chi connectivity index (χ3n) is 10.4. The number of rotatable bonds is 26. The maximum absolute atomic E-state index is 9.93. The number of hydrogen-bond donors (Lipinski definition) is 1. The van der Waals surface area contributed by atoms with E-state index in [0.29, 0.717) is 39.3 Å². The van der Waals surface area contributed by atoms with Crippen molar-refractivity contribution in [1.29, 1.82) is 0 Å². The average Bonchev–Trinajstić information content (AvgIpc) is 3.19. The molecule has 4 rings (SSSR count). The summed E-state index contributed by atoms with van der Waals surface area (Å²) in [5.41, 5.74) is 3.29. The summed E-state index contributed by atoms with van der Waals surface area (Å²) in [6.07, 6.45) is 11.5. The number of benzene rings is 3. The van der Waals surface area contributed by atoms with E-state index in [-0.39, 0.29) is 18.8 Å². The van der Waals surface area contributed by atoms with E-state index in [9.17, 15) is 5.11 Å². The number of unbranched alkanes of at least 4 members (excludes halogenated alkanes) is 3. The first-order chi connectivity index (χ1) is 25.6. The van der Waals surface area contributed by atoms with Crippen molar-refractivity contribution >= 4 is 18.4 Å². The minimum atomic E-state index is -2.39. The van der Waals surface area contributed by atoms with Crippen LogP contribution in [-0.4, -0.2) is 67.2 Å². The molecule has 52 heavy (non-hydrogen) atoms. The van der Waals surface area contributed by atoms with Crippen molar-refractivity contribution in [3.63, 3.8) is 0 Å². The molecule has 0 radical (unpaired) electrons. The monoisotopic (exact) mass is 822 g/mol. The van der Waals surface area contributed by atoms with Gasteiger partial charge in [-0.2, -0.15) is 0 Å². The molecule has 1 heterocycles. The Morgan fingerprint density at radius 2 is 1.12 bits per heavy atom. The van der Waals surface area contributed by atoms with E-state index in [4.69, 9.17) is 23.7 Å². The van der Waals surface area contributed by atoms with Crippen LogP contribution < -0.4 is 0 Å². The van der Waals surface area contributed by atoms with Gasteiger partial charge in [0.1, 0.15) is 0 Å². The van der Waals surface area contributed by atoms with Gasteiger partial charge < -0.3 is 0 Å². The third kappa shape index (κ3) is 14.6. The standard InChI is InChI=1S/C33H39O6.3C4H9.Sn/c1-2-21-36-31-29(19-12-20-34)39-30(25-35-22-26-13-6-3-7-14-26)32(37-23-27-15-8-4-9-16-27)33(31)38-24-28-17-10-5-11-18-28;3*1-3-4-2;/h2-11,13-18,21,29-34H,1,12,19-20,22-25H2;3*1,3-4H2,2H3;/b21-2+;;;;/t29-,30+,31-,32+,33+;;;;/m0..../s1. The fraction of sp³-hybridized carbons (Fsp3) is 0.556. The maximum atomic E-state index is 9.93. The van der Waals surface area contributed by atoms with Crippen molar-refractivity contribution in [3.05, 3.63) is 120 Å². The van der Waals surface area contributed by atoms with E-state index in [1.54, 1.807) is 0 Å². The number of allylic oxidation sites excluding steroid dienone is 1. The Morgan fingerprint density at radius 1 is 0.615 bits per heavy atom. The molecule has 0 amide bonds. The van der Waals surface area contributed by atoms with Crippen molar-refractivity contribution in [2.24, 2.45) is 0 Å². The second-order valence-electron chi connectivity index (χ2n) is 14.6. The molecule has 3 aromatic carbocycles. The van der Waals surface area contributed by atoms with Gasteiger partial charge in [0, 0.05) is 0 Å². The molecule has 286 valence electrons. The van der Waals surface area contributed by atoms with Crippen molar-refractivity contribution in [1.82, 2.24) is 0 Å². The van der Waals surface area contributed by atoms with Gasteiger partial charge in [-0.15, -0.1) is 0 Å². The van der Waals surface area contributed by atoms with Crippen molar-refractivity contribution in [2.75, 3.05) is 13.2 Å². The van der Waals surface area contributed by atoms with E-state index in [1.165, 1.54) is 56.3 Å². The summed E-state index contributed by atoms with van der Waals surface area (Å²) in [5.74, 6) is 0. The van der Waals surface area contributed by atoms with Crippen LogP contribution in [0.3, 0.4) is 0 Å². The molecule has 0 spiro atoms. The van der Waals surface area contributed by atoms with Crippen LogP contribution >= 0.6 is 0 Å². The number of ether oxygens (including phenoxy) is 5. The van der Waals surface area contributed by atoms with E-state index in [2.05, 4.69) is 63.2 Å². The Bertz CT molecular complexity index is 1320. The molecule has 0 saturated carbocycles. The van der Waals surface area contributed by atoms with E-state index >= 15 is 0 Å². The number of hydrogen-bond acceptors (Lipinski definition) is 6. The molecule has 0 bridgehead atoms. The first kappa shape index (κ1) is 42.5. The topological polar surface area (TPSA) is 66.4 Å². The number of aliphatic hydroxyl groups is 1. The Morgan fingerprint density at radius 3 is 1.62 bits per heavy atom. The second-order valence-corrected chi connectivity index (χ2v) is 28.6. The van der Waals surface area contributed by atoms with Crippen LogP contribution in [0.4, 0.5) is 0 Å². The molecule has 1 saturated heterocycles. The molecule has 1 fully saturated rings. The SMILES string of the molecule is CCC[CH2][Sn]([CH2]/C=C/O[C@@H]1[C@@H](OCc2ccccc2)[C@H](OCc2ccccc2)[C@@H](COCc2ccccc2)O[C@H]1CCCO)([CH2]CCC)[CH2]CCC. The van der Waals surface area contributed by atoms with Crippen LogP contribution in [0.15, 0.2) is 103 Å². The van der Waals surface area contributed by atoms with Gasteiger partial charge in [0.05, 0.1) is 0 Å². The van der Waals surface area contributed by atoms with Crippen LogP contribution in [0.5, 0.6) is 0 Å². The molecule has 1 aliphatic heterocycles. The summed E-state index contributed by atoms with van der Waals surface area (Å²) in [5, 5.41) is 9.93. The second kappa shape index (κ2) is 25.0. The van der Waals surface area contributed by atoms with Crippen LogP contribution in [0.1, 0.15) is 88.8 Å². The molecule has 7 heteroatoms. The summed E-state index contributed by atoms with van der Waals surface area (Å²) in [6.45, 7) is 8.75. The summed E-state index contributed by atoms with van der Waals surface area (Å²) in [6, 6.07) is 30.8. The van der Waals surface area contributed by atoms with Crippen molar-refractivity contribution < 1.29 is 28.8 Å². The van der Waals surface area contributed by atoms with Gasteiger partial charge >= 0.3 is 284 Å². The van der Waals surface area contributed by atoms with E-state index < -0.39 is 36.7 Å². The van der Waals surface area contributed by atoms with Gasteiger partial charge in [-0.3, -0.25) is 0 Å². The fourth-order valence-corrected chi connectivity index (χ4v) is 22.4. The predicted octanol–water partition coefficient (Wildman–Crippen LogP) is 10.7. The summed E-state index contributed by atoms with van der Waals surface area (Å²) >= 11 is -2.39. The molecule has 6 nitrogen and oxygen atoms in total. The minimum absolute atomic E-state index is 0.0876. The van der Waals surface area contributed by atoms with Gasteiger partial charge in [-0.05, 0) is 0 Å². The average molecular weight is 822 g/mol. The quantitative estimate of drug-likeness (QED) is 0.0643. The Labute approximate surface area is 319 Å². The first-order valence-electron chi connectivity index (χ1n) is 20.1. The summed E-state index contributed by atoms with van der Waals surface area (Å²) in [7, 11) is 0. The molecule has 3 aromatic rings. The Balaban J connectivity index is 1.62. The van der Waals surface area contributed by atoms with Gasteiger partial charge in [0.15, 0.2) is 0 Å². The van der Waals surface area contributed by atoms with Gasteiger partial charge in [-0.25, -0.2) is 0 Å². The van der Waals surface area contributed by atoms with Gasteiger partial charge in [-0.1, -0.05) is 36.4 Å². The van der Waals surface area contributed by atoms with Crippen molar-refractivity contribution in [3.8, 4) is 0 Å². The van der Waals surface area contributed by atoms with Crippen LogP contribution in [0.25, 0.3) is 0 Å². The molecule has 1 aliphatic rings. The van der Waals surface area contributed by atoms with Gasteiger partial charge in [0.2, 0.25) is 0 Å². The zero-order valence-electron chi connectivity index (χ0n) is 32.2. The Hall–Kier alpha value is -2.20. The molecule has 5 atom stereocenters. The van der Waals surface area contributed by atoms with Crippen molar-refractivity contribution in [2.45, 2.75) is 140 Å². The van der Waals surface area contributed by atoms with Crippen LogP contribution in [-0.2, 0) is 43.5 Å². The third-order valence-corrected chi connectivity index (χ3v) is 25.7. The predicted molar refractivity (Wildman–Crippen MR) is 215 cm³/mol. The molecular weight excluding hydrogens is 755 g/mol. The molecule has 0 aliphatic carbocycles. The van der Waals surface area contributed by atoms with Crippen LogP contribution in [0, 0.1) is 0 Å². The first-order valence-corrected chi connectivity index (χ1v) is 28.2. The van der Waals surface area contributed by atoms with Crippen LogP contribution in [0.2, 0.25) is 17.7 Å². The molecule has 0 aromatic heterocycles. The zero-order chi connectivity index (χ0) is 36.7. The summed E-state index contributed by atoms with van der Waals surface area (Å²) < 4.78 is 39.3. The fourth-order valence-electron chi connectivity index (χ4n) is 7.39. The molecular formula is C45H66O6Sn. The molecule has 0 unspecified atom stereocenters.